The fourth-order valence-corrected chi connectivity index (χ4v) is 3.52. The number of alkyl halides is 2. The van der Waals surface area contributed by atoms with Gasteiger partial charge in [0.2, 0.25) is 5.91 Å². The topological polar surface area (TPSA) is 58.6 Å². The lowest BCUT2D eigenvalue weighted by Gasteiger charge is -2.31. The molecule has 154 valence electrons. The van der Waals surface area contributed by atoms with Crippen molar-refractivity contribution >= 4 is 11.8 Å². The lowest BCUT2D eigenvalue weighted by atomic mass is 9.95. The number of halogens is 2. The van der Waals surface area contributed by atoms with Crippen molar-refractivity contribution in [2.24, 2.45) is 5.92 Å². The second-order valence-electron chi connectivity index (χ2n) is 7.09. The van der Waals surface area contributed by atoms with Crippen LogP contribution in [-0.2, 0) is 11.3 Å². The fourth-order valence-electron chi connectivity index (χ4n) is 3.52. The van der Waals surface area contributed by atoms with Crippen molar-refractivity contribution in [2.75, 3.05) is 13.1 Å². The zero-order valence-electron chi connectivity index (χ0n) is 16.2. The Morgan fingerprint density at radius 1 is 1.10 bits per heavy atom. The molecule has 2 aromatic carbocycles. The SMILES string of the molecule is Cc1ccccc1C(=O)N1CCC(C(=O)NCc2ccccc2OC(F)F)CC1. The third-order valence-corrected chi connectivity index (χ3v) is 5.17. The summed E-state index contributed by atoms with van der Waals surface area (Å²) in [6.45, 7) is 0.127. The molecular weight excluding hydrogens is 378 g/mol. The lowest BCUT2D eigenvalue weighted by Crippen LogP contribution is -2.43. The molecule has 7 heteroatoms. The minimum absolute atomic E-state index is 0.0139. The summed E-state index contributed by atoms with van der Waals surface area (Å²) in [6.07, 6.45) is 1.14. The van der Waals surface area contributed by atoms with E-state index in [4.69, 9.17) is 0 Å². The van der Waals surface area contributed by atoms with Gasteiger partial charge in [-0.25, -0.2) is 0 Å². The molecule has 0 bridgehead atoms. The Kier molecular flexibility index (Phi) is 6.80. The molecule has 0 atom stereocenters. The summed E-state index contributed by atoms with van der Waals surface area (Å²) >= 11 is 0. The Labute approximate surface area is 168 Å². The lowest BCUT2D eigenvalue weighted by molar-refractivity contribution is -0.126. The van der Waals surface area contributed by atoms with E-state index in [1.807, 2.05) is 31.2 Å². The van der Waals surface area contributed by atoms with Gasteiger partial charge in [0.05, 0.1) is 0 Å². The van der Waals surface area contributed by atoms with E-state index in [2.05, 4.69) is 10.1 Å². The van der Waals surface area contributed by atoms with E-state index in [1.54, 1.807) is 23.1 Å². The molecule has 1 fully saturated rings. The summed E-state index contributed by atoms with van der Waals surface area (Å²) in [7, 11) is 0. The third-order valence-electron chi connectivity index (χ3n) is 5.17. The normalized spacial score (nSPS) is 14.7. The maximum absolute atomic E-state index is 12.7. The van der Waals surface area contributed by atoms with E-state index in [0.29, 0.717) is 37.1 Å². The van der Waals surface area contributed by atoms with Gasteiger partial charge in [-0.3, -0.25) is 9.59 Å². The van der Waals surface area contributed by atoms with Crippen molar-refractivity contribution in [1.82, 2.24) is 10.2 Å². The number of piperidine rings is 1. The van der Waals surface area contributed by atoms with Crippen LogP contribution >= 0.6 is 0 Å². The van der Waals surface area contributed by atoms with Crippen molar-refractivity contribution in [1.29, 1.82) is 0 Å². The molecule has 1 aliphatic rings. The number of aryl methyl sites for hydroxylation is 1. The number of rotatable bonds is 6. The number of nitrogens with zero attached hydrogens (tertiary/aromatic N) is 1. The number of amides is 2. The molecule has 1 heterocycles. The fraction of sp³-hybridized carbons (Fsp3) is 0.364. The Hall–Kier alpha value is -2.96. The van der Waals surface area contributed by atoms with E-state index in [9.17, 15) is 18.4 Å². The molecule has 0 aliphatic carbocycles. The molecule has 0 spiro atoms. The number of hydrogen-bond acceptors (Lipinski definition) is 3. The Bertz CT molecular complexity index is 865. The smallest absolute Gasteiger partial charge is 0.387 e. The molecule has 2 amide bonds. The largest absolute Gasteiger partial charge is 0.434 e. The molecule has 0 saturated carbocycles. The average Bonchev–Trinajstić information content (AvgIpc) is 2.72. The highest BCUT2D eigenvalue weighted by molar-refractivity contribution is 5.95. The third kappa shape index (κ3) is 5.31. The van der Waals surface area contributed by atoms with Crippen molar-refractivity contribution in [3.8, 4) is 5.75 Å². The second kappa shape index (κ2) is 9.49. The van der Waals surface area contributed by atoms with Gasteiger partial charge in [-0.2, -0.15) is 8.78 Å². The average molecular weight is 402 g/mol. The molecule has 1 N–H and O–H groups in total. The van der Waals surface area contributed by atoms with Crippen LogP contribution in [0.5, 0.6) is 5.75 Å². The van der Waals surface area contributed by atoms with Gasteiger partial charge in [0, 0.05) is 36.7 Å². The number of hydrogen-bond donors (Lipinski definition) is 1. The predicted molar refractivity (Wildman–Crippen MR) is 105 cm³/mol. The van der Waals surface area contributed by atoms with Crippen molar-refractivity contribution in [3.05, 3.63) is 65.2 Å². The van der Waals surface area contributed by atoms with Crippen molar-refractivity contribution in [2.45, 2.75) is 32.9 Å². The maximum Gasteiger partial charge on any atom is 0.387 e. The van der Waals surface area contributed by atoms with Crippen LogP contribution in [0.3, 0.4) is 0 Å². The molecule has 29 heavy (non-hydrogen) atoms. The monoisotopic (exact) mass is 402 g/mol. The highest BCUT2D eigenvalue weighted by atomic mass is 19.3. The van der Waals surface area contributed by atoms with Gasteiger partial charge in [-0.1, -0.05) is 36.4 Å². The Morgan fingerprint density at radius 2 is 1.76 bits per heavy atom. The van der Waals surface area contributed by atoms with E-state index >= 15 is 0 Å². The van der Waals surface area contributed by atoms with Gasteiger partial charge >= 0.3 is 6.61 Å². The number of likely N-dealkylation sites (tertiary alicyclic amines) is 1. The van der Waals surface area contributed by atoms with Gasteiger partial charge in [-0.05, 0) is 37.5 Å². The first kappa shape index (κ1) is 20.8. The number of nitrogens with one attached hydrogen (secondary N) is 1. The Morgan fingerprint density at radius 3 is 2.45 bits per heavy atom. The molecular formula is C22H24F2N2O3. The zero-order chi connectivity index (χ0) is 20.8. The van der Waals surface area contributed by atoms with Crippen molar-refractivity contribution in [3.63, 3.8) is 0 Å². The highest BCUT2D eigenvalue weighted by Gasteiger charge is 2.28. The minimum atomic E-state index is -2.91. The molecule has 1 saturated heterocycles. The molecule has 1 aliphatic heterocycles. The summed E-state index contributed by atoms with van der Waals surface area (Å²) in [5.74, 6) is -0.305. The van der Waals surface area contributed by atoms with Gasteiger partial charge < -0.3 is 15.0 Å². The molecule has 0 unspecified atom stereocenters. The van der Waals surface area contributed by atoms with Crippen LogP contribution in [-0.4, -0.2) is 36.4 Å². The number of para-hydroxylation sites is 1. The van der Waals surface area contributed by atoms with Crippen LogP contribution < -0.4 is 10.1 Å². The Balaban J connectivity index is 1.52. The van der Waals surface area contributed by atoms with E-state index in [-0.39, 0.29) is 30.0 Å². The van der Waals surface area contributed by atoms with Gasteiger partial charge in [-0.15, -0.1) is 0 Å². The standard InChI is InChI=1S/C22H24F2N2O3/c1-15-6-2-4-8-18(15)21(28)26-12-10-16(11-13-26)20(27)25-14-17-7-3-5-9-19(17)29-22(23)24/h2-9,16,22H,10-14H2,1H3,(H,25,27). The molecule has 0 aromatic heterocycles. The maximum atomic E-state index is 12.7. The van der Waals surface area contributed by atoms with Gasteiger partial charge in [0.1, 0.15) is 5.75 Å². The molecule has 0 radical (unpaired) electrons. The number of ether oxygens (including phenoxy) is 1. The first-order valence-corrected chi connectivity index (χ1v) is 9.61. The van der Waals surface area contributed by atoms with Crippen molar-refractivity contribution < 1.29 is 23.1 Å². The summed E-state index contributed by atoms with van der Waals surface area (Å²) in [5.41, 5.74) is 2.11. The number of carbonyl (C=O) groups excluding carboxylic acids is 2. The second-order valence-corrected chi connectivity index (χ2v) is 7.09. The highest BCUT2D eigenvalue weighted by Crippen LogP contribution is 2.22. The van der Waals surface area contributed by atoms with Gasteiger partial charge in [0.25, 0.3) is 5.91 Å². The number of benzene rings is 2. The van der Waals surface area contributed by atoms with Crippen LogP contribution in [0.1, 0.15) is 34.3 Å². The van der Waals surface area contributed by atoms with Crippen LogP contribution in [0.2, 0.25) is 0 Å². The molecule has 5 nitrogen and oxygen atoms in total. The predicted octanol–water partition coefficient (Wildman–Crippen LogP) is 3.77. The van der Waals surface area contributed by atoms with E-state index < -0.39 is 6.61 Å². The summed E-state index contributed by atoms with van der Waals surface area (Å²) in [6, 6.07) is 13.9. The first-order chi connectivity index (χ1) is 14.0. The number of carbonyl (C=O) groups is 2. The van der Waals surface area contributed by atoms with Crippen LogP contribution in [0.15, 0.2) is 48.5 Å². The van der Waals surface area contributed by atoms with Crippen LogP contribution in [0.4, 0.5) is 8.78 Å². The molecule has 2 aromatic rings. The summed E-state index contributed by atoms with van der Waals surface area (Å²) < 4.78 is 29.5. The minimum Gasteiger partial charge on any atom is -0.434 e. The summed E-state index contributed by atoms with van der Waals surface area (Å²) in [5, 5.41) is 2.80. The summed E-state index contributed by atoms with van der Waals surface area (Å²) in [4.78, 5) is 27.0. The quantitative estimate of drug-likeness (QED) is 0.800. The zero-order valence-corrected chi connectivity index (χ0v) is 16.2. The van der Waals surface area contributed by atoms with Crippen LogP contribution in [0, 0.1) is 12.8 Å². The van der Waals surface area contributed by atoms with E-state index in [1.165, 1.54) is 6.07 Å². The molecule has 3 rings (SSSR count). The van der Waals surface area contributed by atoms with E-state index in [0.717, 1.165) is 5.56 Å². The van der Waals surface area contributed by atoms with Crippen LogP contribution in [0.25, 0.3) is 0 Å². The van der Waals surface area contributed by atoms with Gasteiger partial charge in [0.15, 0.2) is 0 Å². The first-order valence-electron chi connectivity index (χ1n) is 9.61.